The van der Waals surface area contributed by atoms with E-state index in [1.807, 2.05) is 19.1 Å². The van der Waals surface area contributed by atoms with Crippen LogP contribution >= 0.6 is 0 Å². The van der Waals surface area contributed by atoms with E-state index < -0.39 is 0 Å². The molecule has 4 heteroatoms. The van der Waals surface area contributed by atoms with E-state index in [1.54, 1.807) is 0 Å². The average Bonchev–Trinajstić information content (AvgIpc) is 2.66. The molecule has 0 amide bonds. The Morgan fingerprint density at radius 2 is 2.20 bits per heavy atom. The van der Waals surface area contributed by atoms with Gasteiger partial charge < -0.3 is 15.5 Å². The summed E-state index contributed by atoms with van der Waals surface area (Å²) in [5, 5.41) is 3.33. The smallest absolute Gasteiger partial charge is 0.122 e. The van der Waals surface area contributed by atoms with Crippen molar-refractivity contribution >= 4 is 0 Å². The number of rotatable bonds is 3. The van der Waals surface area contributed by atoms with E-state index in [2.05, 4.69) is 10.2 Å². The number of hydrogen-bond donors (Lipinski definition) is 2. The highest BCUT2D eigenvalue weighted by Gasteiger charge is 2.16. The molecule has 1 saturated heterocycles. The molecule has 15 heavy (non-hydrogen) atoms. The van der Waals surface area contributed by atoms with Gasteiger partial charge in [-0.25, -0.2) is 0 Å². The number of nitrogens with one attached hydrogen (secondary N) is 1. The van der Waals surface area contributed by atoms with E-state index in [0.717, 1.165) is 44.2 Å². The van der Waals surface area contributed by atoms with Crippen LogP contribution in [0.5, 0.6) is 0 Å². The zero-order valence-corrected chi connectivity index (χ0v) is 9.20. The molecule has 1 fully saturated rings. The van der Waals surface area contributed by atoms with E-state index >= 15 is 0 Å². The molecule has 3 N–H and O–H groups in total. The maximum absolute atomic E-state index is 6.08. The van der Waals surface area contributed by atoms with Crippen molar-refractivity contribution in [1.29, 1.82) is 0 Å². The molecular formula is C11H19N3O. The van der Waals surface area contributed by atoms with E-state index in [1.165, 1.54) is 0 Å². The van der Waals surface area contributed by atoms with Gasteiger partial charge in [-0.15, -0.1) is 0 Å². The number of nitrogens with zero attached hydrogens (tertiary/aromatic N) is 1. The van der Waals surface area contributed by atoms with Crippen molar-refractivity contribution in [2.24, 2.45) is 5.73 Å². The molecule has 0 bridgehead atoms. The van der Waals surface area contributed by atoms with Gasteiger partial charge in [-0.05, 0) is 19.1 Å². The highest BCUT2D eigenvalue weighted by atomic mass is 16.3. The highest BCUT2D eigenvalue weighted by Crippen LogP contribution is 2.15. The second-order valence-corrected chi connectivity index (χ2v) is 4.11. The minimum Gasteiger partial charge on any atom is -0.465 e. The topological polar surface area (TPSA) is 54.4 Å². The molecule has 0 saturated carbocycles. The summed E-state index contributed by atoms with van der Waals surface area (Å²) in [5.74, 6) is 1.83. The number of piperazine rings is 1. The molecule has 0 radical (unpaired) electrons. The highest BCUT2D eigenvalue weighted by molar-refractivity contribution is 5.09. The lowest BCUT2D eigenvalue weighted by atomic mass is 10.2. The number of nitrogens with two attached hydrogens (primary N) is 1. The molecule has 0 spiro atoms. The molecular weight excluding hydrogens is 190 g/mol. The Bertz CT molecular complexity index is 305. The van der Waals surface area contributed by atoms with Crippen LogP contribution < -0.4 is 11.1 Å². The van der Waals surface area contributed by atoms with Crippen LogP contribution in [-0.2, 0) is 0 Å². The van der Waals surface area contributed by atoms with Crippen LogP contribution in [-0.4, -0.2) is 37.6 Å². The lowest BCUT2D eigenvalue weighted by Crippen LogP contribution is -2.45. The Kier molecular flexibility index (Phi) is 3.41. The Labute approximate surface area is 90.4 Å². The summed E-state index contributed by atoms with van der Waals surface area (Å²) in [6.45, 7) is 7.10. The van der Waals surface area contributed by atoms with Crippen molar-refractivity contribution in [1.82, 2.24) is 10.2 Å². The molecule has 2 rings (SSSR count). The zero-order valence-electron chi connectivity index (χ0n) is 9.20. The fourth-order valence-corrected chi connectivity index (χ4v) is 1.91. The van der Waals surface area contributed by atoms with Crippen LogP contribution in [0.3, 0.4) is 0 Å². The van der Waals surface area contributed by atoms with E-state index in [-0.39, 0.29) is 6.04 Å². The Morgan fingerprint density at radius 3 is 2.80 bits per heavy atom. The molecule has 1 atom stereocenters. The van der Waals surface area contributed by atoms with Crippen molar-refractivity contribution in [2.75, 3.05) is 32.7 Å². The third-order valence-electron chi connectivity index (χ3n) is 2.79. The zero-order chi connectivity index (χ0) is 10.7. The molecule has 4 nitrogen and oxygen atoms in total. The van der Waals surface area contributed by atoms with E-state index in [9.17, 15) is 0 Å². The van der Waals surface area contributed by atoms with Gasteiger partial charge in [-0.3, -0.25) is 4.90 Å². The van der Waals surface area contributed by atoms with Crippen LogP contribution in [0, 0.1) is 6.92 Å². The largest absolute Gasteiger partial charge is 0.465 e. The minimum atomic E-state index is -0.00296. The molecule has 0 aliphatic carbocycles. The van der Waals surface area contributed by atoms with Gasteiger partial charge in [-0.2, -0.15) is 0 Å². The van der Waals surface area contributed by atoms with Crippen molar-refractivity contribution in [3.05, 3.63) is 23.7 Å². The number of furan rings is 1. The summed E-state index contributed by atoms with van der Waals surface area (Å²) in [4.78, 5) is 2.37. The van der Waals surface area contributed by atoms with E-state index in [0.29, 0.717) is 0 Å². The first kappa shape index (κ1) is 10.7. The fourth-order valence-electron chi connectivity index (χ4n) is 1.91. The second-order valence-electron chi connectivity index (χ2n) is 4.11. The number of aryl methyl sites for hydroxylation is 1. The van der Waals surface area contributed by atoms with Gasteiger partial charge in [0, 0.05) is 32.7 Å². The van der Waals surface area contributed by atoms with Crippen molar-refractivity contribution in [2.45, 2.75) is 13.0 Å². The van der Waals surface area contributed by atoms with Gasteiger partial charge in [0.1, 0.15) is 11.5 Å². The summed E-state index contributed by atoms with van der Waals surface area (Å²) >= 11 is 0. The van der Waals surface area contributed by atoms with Crippen molar-refractivity contribution in [3.8, 4) is 0 Å². The Hall–Kier alpha value is -0.840. The van der Waals surface area contributed by atoms with Gasteiger partial charge in [0.2, 0.25) is 0 Å². The van der Waals surface area contributed by atoms with Gasteiger partial charge in [0.25, 0.3) is 0 Å². The van der Waals surface area contributed by atoms with Gasteiger partial charge in [0.15, 0.2) is 0 Å². The van der Waals surface area contributed by atoms with Crippen LogP contribution in [0.4, 0.5) is 0 Å². The number of hydrogen-bond acceptors (Lipinski definition) is 4. The summed E-state index contributed by atoms with van der Waals surface area (Å²) in [6, 6.07) is 3.94. The maximum atomic E-state index is 6.08. The summed E-state index contributed by atoms with van der Waals surface area (Å²) < 4.78 is 5.52. The monoisotopic (exact) mass is 209 g/mol. The fraction of sp³-hybridized carbons (Fsp3) is 0.636. The van der Waals surface area contributed by atoms with Crippen molar-refractivity contribution in [3.63, 3.8) is 0 Å². The first-order chi connectivity index (χ1) is 7.25. The molecule has 0 aromatic carbocycles. The van der Waals surface area contributed by atoms with Gasteiger partial charge >= 0.3 is 0 Å². The first-order valence-corrected chi connectivity index (χ1v) is 5.50. The molecule has 1 aliphatic rings. The molecule has 1 aliphatic heterocycles. The summed E-state index contributed by atoms with van der Waals surface area (Å²) in [6.07, 6.45) is 0. The Balaban J connectivity index is 1.88. The standard InChI is InChI=1S/C11H19N3O/c1-9-2-3-11(15-9)10(12)8-14-6-4-13-5-7-14/h2-3,10,13H,4-8,12H2,1H3. The first-order valence-electron chi connectivity index (χ1n) is 5.50. The predicted molar refractivity (Wildman–Crippen MR) is 59.7 cm³/mol. The molecule has 1 aromatic heterocycles. The quantitative estimate of drug-likeness (QED) is 0.761. The lowest BCUT2D eigenvalue weighted by molar-refractivity contribution is 0.219. The normalized spacial score (nSPS) is 20.4. The average molecular weight is 209 g/mol. The summed E-state index contributed by atoms with van der Waals surface area (Å²) in [7, 11) is 0. The van der Waals surface area contributed by atoms with Crippen molar-refractivity contribution < 1.29 is 4.42 Å². The van der Waals surface area contributed by atoms with Crippen LogP contribution in [0.15, 0.2) is 16.5 Å². The molecule has 2 heterocycles. The lowest BCUT2D eigenvalue weighted by Gasteiger charge is -2.28. The van der Waals surface area contributed by atoms with Crippen LogP contribution in [0.1, 0.15) is 17.6 Å². The SMILES string of the molecule is Cc1ccc(C(N)CN2CCNCC2)o1. The van der Waals surface area contributed by atoms with E-state index in [4.69, 9.17) is 10.2 Å². The van der Waals surface area contributed by atoms with Crippen LogP contribution in [0.2, 0.25) is 0 Å². The molecule has 84 valence electrons. The molecule has 1 aromatic rings. The van der Waals surface area contributed by atoms with Crippen LogP contribution in [0.25, 0.3) is 0 Å². The summed E-state index contributed by atoms with van der Waals surface area (Å²) in [5.41, 5.74) is 6.08. The second kappa shape index (κ2) is 4.79. The Morgan fingerprint density at radius 1 is 1.47 bits per heavy atom. The maximum Gasteiger partial charge on any atom is 0.122 e. The molecule has 1 unspecified atom stereocenters. The third-order valence-corrected chi connectivity index (χ3v) is 2.79. The minimum absolute atomic E-state index is 0.00296. The predicted octanol–water partition coefficient (Wildman–Crippen LogP) is 0.493. The third kappa shape index (κ3) is 2.81. The van der Waals surface area contributed by atoms with Gasteiger partial charge in [-0.1, -0.05) is 0 Å². The van der Waals surface area contributed by atoms with Gasteiger partial charge in [0.05, 0.1) is 6.04 Å².